The second kappa shape index (κ2) is 7.21. The molecule has 1 saturated heterocycles. The second-order valence-corrected chi connectivity index (χ2v) is 6.84. The number of carbonyl (C=O) groups is 2. The van der Waals surface area contributed by atoms with Crippen LogP contribution in [0.5, 0.6) is 0 Å². The average molecular weight is 303 g/mol. The van der Waals surface area contributed by atoms with E-state index < -0.39 is 27.8 Å². The smallest absolute Gasteiger partial charge is 0.317 e. The molecule has 0 spiro atoms. The van der Waals surface area contributed by atoms with Gasteiger partial charge in [-0.15, -0.1) is 0 Å². The predicted molar refractivity (Wildman–Crippen MR) is 69.5 cm³/mol. The molecule has 0 bridgehead atoms. The van der Waals surface area contributed by atoms with E-state index in [0.29, 0.717) is 6.42 Å². The van der Waals surface area contributed by atoms with Gasteiger partial charge in [0.2, 0.25) is 5.91 Å². The fraction of sp³-hybridized carbons (Fsp3) is 0.727. The zero-order valence-electron chi connectivity index (χ0n) is 10.9. The van der Waals surface area contributed by atoms with E-state index in [1.54, 1.807) is 0 Å². The van der Waals surface area contributed by atoms with Crippen molar-refractivity contribution in [2.24, 2.45) is 0 Å². The van der Waals surface area contributed by atoms with Gasteiger partial charge >= 0.3 is 5.97 Å². The van der Waals surface area contributed by atoms with Gasteiger partial charge in [-0.05, 0) is 6.42 Å². The maximum absolute atomic E-state index is 11.6. The van der Waals surface area contributed by atoms with Gasteiger partial charge in [0.05, 0.1) is 37.1 Å². The Bertz CT molecular complexity index is 511. The minimum atomic E-state index is -3.14. The molecule has 0 radical (unpaired) electrons. The van der Waals surface area contributed by atoms with Crippen molar-refractivity contribution < 1.29 is 23.1 Å². The number of rotatable bonds is 7. The molecule has 20 heavy (non-hydrogen) atoms. The molecule has 9 heteroatoms. The minimum Gasteiger partial charge on any atom is -0.480 e. The van der Waals surface area contributed by atoms with Crippen LogP contribution in [0.3, 0.4) is 0 Å². The molecule has 1 aliphatic rings. The lowest BCUT2D eigenvalue weighted by Gasteiger charge is -2.25. The maximum Gasteiger partial charge on any atom is 0.317 e. The molecule has 1 heterocycles. The topological polar surface area (TPSA) is 128 Å². The highest BCUT2D eigenvalue weighted by Crippen LogP contribution is 2.17. The SMILES string of the molecule is N#CCCNC(=O)CN(CC(=O)O)C1CCS(=O)(=O)C1. The molecule has 0 saturated carbocycles. The number of amides is 1. The lowest BCUT2D eigenvalue weighted by Crippen LogP contribution is -2.46. The van der Waals surface area contributed by atoms with Crippen LogP contribution in [-0.2, 0) is 19.4 Å². The quantitative estimate of drug-likeness (QED) is 0.553. The van der Waals surface area contributed by atoms with Crippen LogP contribution < -0.4 is 5.32 Å². The Morgan fingerprint density at radius 2 is 2.10 bits per heavy atom. The molecule has 0 aromatic rings. The van der Waals surface area contributed by atoms with Gasteiger partial charge in [-0.3, -0.25) is 14.5 Å². The summed E-state index contributed by atoms with van der Waals surface area (Å²) in [5.74, 6) is -1.62. The third kappa shape index (κ3) is 5.54. The van der Waals surface area contributed by atoms with Gasteiger partial charge in [-0.25, -0.2) is 8.42 Å². The molecule has 0 aromatic carbocycles. The van der Waals surface area contributed by atoms with Crippen molar-refractivity contribution in [3.8, 4) is 6.07 Å². The molecule has 8 nitrogen and oxygen atoms in total. The number of carbonyl (C=O) groups excluding carboxylic acids is 1. The summed E-state index contributed by atoms with van der Waals surface area (Å²) in [4.78, 5) is 23.8. The molecule has 1 rings (SSSR count). The number of aliphatic carboxylic acids is 1. The first kappa shape index (κ1) is 16.4. The molecular weight excluding hydrogens is 286 g/mol. The number of hydrogen-bond acceptors (Lipinski definition) is 6. The highest BCUT2D eigenvalue weighted by atomic mass is 32.2. The van der Waals surface area contributed by atoms with E-state index in [1.165, 1.54) is 4.90 Å². The van der Waals surface area contributed by atoms with Gasteiger partial charge in [-0.2, -0.15) is 5.26 Å². The van der Waals surface area contributed by atoms with Crippen LogP contribution in [0.25, 0.3) is 0 Å². The van der Waals surface area contributed by atoms with E-state index in [1.807, 2.05) is 6.07 Å². The Kier molecular flexibility index (Phi) is 5.91. The number of sulfone groups is 1. The second-order valence-electron chi connectivity index (χ2n) is 4.61. The van der Waals surface area contributed by atoms with Crippen molar-refractivity contribution in [1.29, 1.82) is 5.26 Å². The number of nitrogens with one attached hydrogen (secondary N) is 1. The lowest BCUT2D eigenvalue weighted by atomic mass is 10.2. The molecule has 1 amide bonds. The van der Waals surface area contributed by atoms with Crippen molar-refractivity contribution in [2.75, 3.05) is 31.1 Å². The van der Waals surface area contributed by atoms with Crippen LogP contribution in [0.1, 0.15) is 12.8 Å². The first-order valence-corrected chi connectivity index (χ1v) is 7.96. The van der Waals surface area contributed by atoms with Gasteiger partial charge in [0, 0.05) is 12.6 Å². The van der Waals surface area contributed by atoms with Gasteiger partial charge in [0.1, 0.15) is 0 Å². The van der Waals surface area contributed by atoms with Crippen LogP contribution in [0.2, 0.25) is 0 Å². The Hall–Kier alpha value is -1.66. The van der Waals surface area contributed by atoms with E-state index >= 15 is 0 Å². The Balaban J connectivity index is 2.59. The molecule has 2 N–H and O–H groups in total. The van der Waals surface area contributed by atoms with Crippen LogP contribution in [0.4, 0.5) is 0 Å². The molecule has 1 unspecified atom stereocenters. The largest absolute Gasteiger partial charge is 0.480 e. The minimum absolute atomic E-state index is 0.0177. The summed E-state index contributed by atoms with van der Waals surface area (Å²) in [6.45, 7) is -0.372. The number of hydrogen-bond donors (Lipinski definition) is 2. The fourth-order valence-corrected chi connectivity index (χ4v) is 3.81. The summed E-state index contributed by atoms with van der Waals surface area (Å²) >= 11 is 0. The summed E-state index contributed by atoms with van der Waals surface area (Å²) in [7, 11) is -3.14. The molecular formula is C11H17N3O5S. The van der Waals surface area contributed by atoms with Gasteiger partial charge in [0.25, 0.3) is 0 Å². The Morgan fingerprint density at radius 3 is 2.60 bits per heavy atom. The van der Waals surface area contributed by atoms with Crippen LogP contribution >= 0.6 is 0 Å². The first-order valence-electron chi connectivity index (χ1n) is 6.14. The first-order chi connectivity index (χ1) is 9.34. The molecule has 112 valence electrons. The normalized spacial score (nSPS) is 20.5. The Morgan fingerprint density at radius 1 is 1.40 bits per heavy atom. The third-order valence-corrected chi connectivity index (χ3v) is 4.72. The van der Waals surface area contributed by atoms with Crippen LogP contribution in [0.15, 0.2) is 0 Å². The standard InChI is InChI=1S/C11H17N3O5S/c12-3-1-4-13-10(15)6-14(7-11(16)17)9-2-5-20(18,19)8-9/h9H,1-2,4-8H2,(H,13,15)(H,16,17). The average Bonchev–Trinajstić information content (AvgIpc) is 2.68. The van der Waals surface area contributed by atoms with E-state index in [-0.39, 0.29) is 37.6 Å². The molecule has 1 fully saturated rings. The van der Waals surface area contributed by atoms with Gasteiger partial charge in [0.15, 0.2) is 9.84 Å². The molecule has 1 aliphatic heterocycles. The maximum atomic E-state index is 11.6. The van der Waals surface area contributed by atoms with Crippen molar-refractivity contribution in [1.82, 2.24) is 10.2 Å². The zero-order valence-corrected chi connectivity index (χ0v) is 11.7. The van der Waals surface area contributed by atoms with Crippen molar-refractivity contribution in [3.63, 3.8) is 0 Å². The summed E-state index contributed by atoms with van der Waals surface area (Å²) in [6.07, 6.45) is 0.504. The van der Waals surface area contributed by atoms with Crippen LogP contribution in [0, 0.1) is 11.3 Å². The van der Waals surface area contributed by atoms with Gasteiger partial charge < -0.3 is 10.4 Å². The van der Waals surface area contributed by atoms with E-state index in [9.17, 15) is 18.0 Å². The number of nitriles is 1. The third-order valence-electron chi connectivity index (χ3n) is 2.97. The lowest BCUT2D eigenvalue weighted by molar-refractivity contribution is -0.139. The van der Waals surface area contributed by atoms with Crippen molar-refractivity contribution in [2.45, 2.75) is 18.9 Å². The number of carboxylic acids is 1. The summed E-state index contributed by atoms with van der Waals surface area (Å²) < 4.78 is 22.8. The van der Waals surface area contributed by atoms with Crippen LogP contribution in [-0.4, -0.2) is 67.5 Å². The van der Waals surface area contributed by atoms with E-state index in [0.717, 1.165) is 0 Å². The number of nitrogens with zero attached hydrogens (tertiary/aromatic N) is 2. The highest BCUT2D eigenvalue weighted by Gasteiger charge is 2.33. The van der Waals surface area contributed by atoms with E-state index in [2.05, 4.69) is 5.32 Å². The van der Waals surface area contributed by atoms with Gasteiger partial charge in [-0.1, -0.05) is 0 Å². The summed E-state index contributed by atoms with van der Waals surface area (Å²) in [5.41, 5.74) is 0. The molecule has 0 aromatic heterocycles. The summed E-state index contributed by atoms with van der Waals surface area (Å²) in [5, 5.41) is 19.7. The van der Waals surface area contributed by atoms with E-state index in [4.69, 9.17) is 10.4 Å². The molecule has 0 aliphatic carbocycles. The number of carboxylic acid groups (broad SMARTS) is 1. The fourth-order valence-electron chi connectivity index (χ4n) is 2.05. The molecule has 1 atom stereocenters. The predicted octanol–water partition coefficient (Wildman–Crippen LogP) is -1.41. The highest BCUT2D eigenvalue weighted by molar-refractivity contribution is 7.91. The zero-order chi connectivity index (χ0) is 15.2. The summed E-state index contributed by atoms with van der Waals surface area (Å²) in [6, 6.07) is 1.43. The Labute approximate surface area is 117 Å². The van der Waals surface area contributed by atoms with Crippen molar-refractivity contribution >= 4 is 21.7 Å². The monoisotopic (exact) mass is 303 g/mol. The van der Waals surface area contributed by atoms with Crippen molar-refractivity contribution in [3.05, 3.63) is 0 Å².